The molecule has 0 atom stereocenters. The Morgan fingerprint density at radius 2 is 1.74 bits per heavy atom. The molecule has 0 unspecified atom stereocenters. The summed E-state index contributed by atoms with van der Waals surface area (Å²) in [6, 6.07) is 12.6. The topological polar surface area (TPSA) is 41.1 Å². The molecule has 0 aliphatic heterocycles. The molecule has 4 heteroatoms. The first-order valence-electron chi connectivity index (χ1n) is 7.88. The molecule has 0 bridgehead atoms. The van der Waals surface area contributed by atoms with E-state index in [2.05, 4.69) is 65.6 Å². The molecule has 0 radical (unpaired) electrons. The highest BCUT2D eigenvalue weighted by Gasteiger charge is 2.13. The van der Waals surface area contributed by atoms with Crippen molar-refractivity contribution in [3.63, 3.8) is 0 Å². The van der Waals surface area contributed by atoms with Gasteiger partial charge in [0.25, 0.3) is 0 Å². The maximum absolute atomic E-state index is 4.84. The van der Waals surface area contributed by atoms with Gasteiger partial charge in [0.15, 0.2) is 0 Å². The minimum atomic E-state index is 0.916. The second-order valence-corrected chi connectivity index (χ2v) is 5.72. The zero-order chi connectivity index (χ0) is 16.2. The van der Waals surface area contributed by atoms with E-state index in [1.807, 2.05) is 19.4 Å². The second kappa shape index (κ2) is 6.65. The molecule has 1 N–H and O–H groups in total. The predicted octanol–water partition coefficient (Wildman–Crippen LogP) is 3.66. The molecular formula is C19H22N4. The first-order chi connectivity index (χ1) is 11.2. The smallest absolute Gasteiger partial charge is 0.136 e. The summed E-state index contributed by atoms with van der Waals surface area (Å²) in [5.41, 5.74) is 3.42. The lowest BCUT2D eigenvalue weighted by atomic mass is 10.1. The third-order valence-corrected chi connectivity index (χ3v) is 4.17. The summed E-state index contributed by atoms with van der Waals surface area (Å²) in [6.07, 6.45) is 4.66. The molecule has 0 aliphatic rings. The number of pyridine rings is 2. The minimum absolute atomic E-state index is 0.916. The number of nitrogens with one attached hydrogen (secondary N) is 1. The maximum Gasteiger partial charge on any atom is 0.136 e. The molecule has 0 spiro atoms. The fourth-order valence-corrected chi connectivity index (χ4v) is 2.92. The first-order valence-corrected chi connectivity index (χ1v) is 7.88. The van der Waals surface area contributed by atoms with Gasteiger partial charge in [-0.1, -0.05) is 24.3 Å². The van der Waals surface area contributed by atoms with Crippen molar-refractivity contribution in [2.75, 3.05) is 30.9 Å². The van der Waals surface area contributed by atoms with Crippen molar-refractivity contribution in [1.82, 2.24) is 9.97 Å². The minimum Gasteiger partial charge on any atom is -0.386 e. The van der Waals surface area contributed by atoms with E-state index in [0.717, 1.165) is 30.2 Å². The van der Waals surface area contributed by atoms with Crippen LogP contribution in [0.4, 0.5) is 11.5 Å². The van der Waals surface area contributed by atoms with Gasteiger partial charge in [-0.2, -0.15) is 0 Å². The molecular weight excluding hydrogens is 284 g/mol. The van der Waals surface area contributed by atoms with E-state index in [9.17, 15) is 0 Å². The van der Waals surface area contributed by atoms with E-state index in [1.165, 1.54) is 16.3 Å². The Hall–Kier alpha value is -2.62. The van der Waals surface area contributed by atoms with Crippen LogP contribution < -0.4 is 10.2 Å². The van der Waals surface area contributed by atoms with E-state index in [-0.39, 0.29) is 0 Å². The van der Waals surface area contributed by atoms with Crippen LogP contribution in [0.5, 0.6) is 0 Å². The van der Waals surface area contributed by atoms with Crippen LogP contribution in [0.2, 0.25) is 0 Å². The van der Waals surface area contributed by atoms with Crippen molar-refractivity contribution < 1.29 is 0 Å². The van der Waals surface area contributed by atoms with Crippen LogP contribution in [0.15, 0.2) is 48.8 Å². The molecule has 3 aromatic rings. The molecule has 0 saturated heterocycles. The van der Waals surface area contributed by atoms with E-state index in [4.69, 9.17) is 4.98 Å². The number of benzene rings is 1. The summed E-state index contributed by atoms with van der Waals surface area (Å²) in [5.74, 6) is 1.03. The van der Waals surface area contributed by atoms with Crippen molar-refractivity contribution in [2.24, 2.45) is 0 Å². The summed E-state index contributed by atoms with van der Waals surface area (Å²) in [7, 11) is 4.05. The lowest BCUT2D eigenvalue weighted by molar-refractivity contribution is 0.860. The molecule has 0 aliphatic carbocycles. The largest absolute Gasteiger partial charge is 0.386 e. The molecule has 118 valence electrons. The van der Waals surface area contributed by atoms with Gasteiger partial charge in [0.05, 0.1) is 11.4 Å². The zero-order valence-corrected chi connectivity index (χ0v) is 13.9. The molecule has 0 amide bonds. The fraction of sp³-hybridized carbons (Fsp3) is 0.263. The van der Waals surface area contributed by atoms with Gasteiger partial charge < -0.3 is 10.2 Å². The van der Waals surface area contributed by atoms with Gasteiger partial charge in [-0.05, 0) is 31.0 Å². The SMILES string of the molecule is CNc1c(C)nc(N(C)CCc2ccncc2)c2ccccc12. The van der Waals surface area contributed by atoms with E-state index in [1.54, 1.807) is 0 Å². The van der Waals surface area contributed by atoms with Gasteiger partial charge >= 0.3 is 0 Å². The van der Waals surface area contributed by atoms with Gasteiger partial charge in [-0.25, -0.2) is 4.98 Å². The van der Waals surface area contributed by atoms with Crippen LogP contribution in [-0.2, 0) is 6.42 Å². The van der Waals surface area contributed by atoms with Crippen LogP contribution >= 0.6 is 0 Å². The van der Waals surface area contributed by atoms with Gasteiger partial charge in [0, 0.05) is 43.8 Å². The normalized spacial score (nSPS) is 10.7. The van der Waals surface area contributed by atoms with Crippen molar-refractivity contribution >= 4 is 22.3 Å². The van der Waals surface area contributed by atoms with Gasteiger partial charge in [0.1, 0.15) is 5.82 Å². The monoisotopic (exact) mass is 306 g/mol. The Bertz CT molecular complexity index is 799. The summed E-state index contributed by atoms with van der Waals surface area (Å²) >= 11 is 0. The number of aromatic nitrogens is 2. The predicted molar refractivity (Wildman–Crippen MR) is 97.2 cm³/mol. The number of aryl methyl sites for hydroxylation is 1. The Morgan fingerprint density at radius 3 is 2.43 bits per heavy atom. The molecule has 4 nitrogen and oxygen atoms in total. The molecule has 3 rings (SSSR count). The number of fused-ring (bicyclic) bond motifs is 1. The molecule has 0 fully saturated rings. The summed E-state index contributed by atoms with van der Waals surface area (Å²) in [6.45, 7) is 2.97. The van der Waals surface area contributed by atoms with E-state index >= 15 is 0 Å². The van der Waals surface area contributed by atoms with Crippen molar-refractivity contribution in [1.29, 1.82) is 0 Å². The Kier molecular flexibility index (Phi) is 4.42. The lowest BCUT2D eigenvalue weighted by Crippen LogP contribution is -2.22. The van der Waals surface area contributed by atoms with Crippen molar-refractivity contribution in [2.45, 2.75) is 13.3 Å². The third kappa shape index (κ3) is 3.11. The van der Waals surface area contributed by atoms with Crippen molar-refractivity contribution in [3.05, 3.63) is 60.0 Å². The molecule has 0 saturated carbocycles. The number of hydrogen-bond donors (Lipinski definition) is 1. The maximum atomic E-state index is 4.84. The Balaban J connectivity index is 1.93. The number of nitrogens with zero attached hydrogens (tertiary/aromatic N) is 3. The number of anilines is 2. The van der Waals surface area contributed by atoms with Gasteiger partial charge in [-0.15, -0.1) is 0 Å². The molecule has 23 heavy (non-hydrogen) atoms. The highest BCUT2D eigenvalue weighted by molar-refractivity contribution is 6.01. The Labute approximate surface area is 137 Å². The fourth-order valence-electron chi connectivity index (χ4n) is 2.92. The van der Waals surface area contributed by atoms with E-state index < -0.39 is 0 Å². The van der Waals surface area contributed by atoms with Gasteiger partial charge in [-0.3, -0.25) is 4.98 Å². The molecule has 2 aromatic heterocycles. The molecule has 2 heterocycles. The van der Waals surface area contributed by atoms with Crippen LogP contribution in [0.1, 0.15) is 11.3 Å². The average molecular weight is 306 g/mol. The Morgan fingerprint density at radius 1 is 1.04 bits per heavy atom. The van der Waals surface area contributed by atoms with Crippen LogP contribution in [0.25, 0.3) is 10.8 Å². The van der Waals surface area contributed by atoms with Crippen LogP contribution in [0.3, 0.4) is 0 Å². The summed E-state index contributed by atoms with van der Waals surface area (Å²) in [4.78, 5) is 11.1. The number of hydrogen-bond acceptors (Lipinski definition) is 4. The van der Waals surface area contributed by atoms with Crippen LogP contribution in [0, 0.1) is 6.92 Å². The number of likely N-dealkylation sites (N-methyl/N-ethyl adjacent to an activating group) is 1. The quantitative estimate of drug-likeness (QED) is 0.781. The third-order valence-electron chi connectivity index (χ3n) is 4.17. The van der Waals surface area contributed by atoms with Crippen molar-refractivity contribution in [3.8, 4) is 0 Å². The zero-order valence-electron chi connectivity index (χ0n) is 13.9. The van der Waals surface area contributed by atoms with Crippen LogP contribution in [-0.4, -0.2) is 30.6 Å². The summed E-state index contributed by atoms with van der Waals surface area (Å²) < 4.78 is 0. The van der Waals surface area contributed by atoms with E-state index in [0.29, 0.717) is 0 Å². The lowest BCUT2D eigenvalue weighted by Gasteiger charge is -2.22. The highest BCUT2D eigenvalue weighted by Crippen LogP contribution is 2.32. The first kappa shape index (κ1) is 15.3. The standard InChI is InChI=1S/C19H22N4/c1-14-18(20-2)16-6-4-5-7-17(16)19(22-14)23(3)13-10-15-8-11-21-12-9-15/h4-9,11-12,20H,10,13H2,1-3H3. The number of rotatable bonds is 5. The highest BCUT2D eigenvalue weighted by atomic mass is 15.2. The van der Waals surface area contributed by atoms with Gasteiger partial charge in [0.2, 0.25) is 0 Å². The second-order valence-electron chi connectivity index (χ2n) is 5.72. The molecule has 1 aromatic carbocycles. The summed E-state index contributed by atoms with van der Waals surface area (Å²) in [5, 5.41) is 5.67. The average Bonchev–Trinajstić information content (AvgIpc) is 2.60.